The van der Waals surface area contributed by atoms with Gasteiger partial charge in [-0.3, -0.25) is 0 Å². The molecule has 0 unspecified atom stereocenters. The van der Waals surface area contributed by atoms with Crippen LogP contribution in [-0.2, 0) is 0 Å². The lowest BCUT2D eigenvalue weighted by atomic mass is 9.96. The third kappa shape index (κ3) is 2.91. The van der Waals surface area contributed by atoms with Crippen LogP contribution in [0.2, 0.25) is 0 Å². The monoisotopic (exact) mass is 375 g/mol. The molecule has 142 valence electrons. The minimum Gasteiger partial charge on any atom is -0.355 e. The van der Waals surface area contributed by atoms with Crippen LogP contribution in [0.5, 0.6) is 0 Å². The molecule has 3 aromatic rings. The van der Waals surface area contributed by atoms with Crippen LogP contribution in [0.4, 0.5) is 11.6 Å². The molecule has 9 heteroatoms. The average molecular weight is 375 g/mol. The largest absolute Gasteiger partial charge is 0.355 e. The van der Waals surface area contributed by atoms with E-state index >= 15 is 0 Å². The summed E-state index contributed by atoms with van der Waals surface area (Å²) < 4.78 is 1.91. The summed E-state index contributed by atoms with van der Waals surface area (Å²) >= 11 is 0. The average Bonchev–Trinajstić information content (AvgIpc) is 3.43. The van der Waals surface area contributed by atoms with Gasteiger partial charge in [-0.25, -0.2) is 0 Å². The fourth-order valence-corrected chi connectivity index (χ4v) is 4.16. The lowest BCUT2D eigenvalue weighted by Gasteiger charge is -2.31. The van der Waals surface area contributed by atoms with Crippen molar-refractivity contribution >= 4 is 17.3 Å². The van der Waals surface area contributed by atoms with Crippen LogP contribution in [0, 0.1) is 11.3 Å². The molecule has 0 atom stereocenters. The first kappa shape index (κ1) is 16.9. The SMILES string of the molecule is N#Cc1ccnnc1N1CCC(c2nnc3ccc(N4CCCC4)nn23)CC1. The van der Waals surface area contributed by atoms with Crippen molar-refractivity contribution < 1.29 is 0 Å². The third-order valence-corrected chi connectivity index (χ3v) is 5.68. The van der Waals surface area contributed by atoms with E-state index in [2.05, 4.69) is 36.3 Å². The molecular weight excluding hydrogens is 354 g/mol. The minimum absolute atomic E-state index is 0.287. The van der Waals surface area contributed by atoms with Gasteiger partial charge in [-0.15, -0.1) is 20.4 Å². The molecule has 0 bridgehead atoms. The molecule has 0 saturated carbocycles. The summed E-state index contributed by atoms with van der Waals surface area (Å²) in [5.74, 6) is 2.89. The Morgan fingerprint density at radius 3 is 2.54 bits per heavy atom. The number of fused-ring (bicyclic) bond motifs is 1. The molecule has 0 amide bonds. The van der Waals surface area contributed by atoms with Crippen LogP contribution in [0.25, 0.3) is 5.65 Å². The minimum atomic E-state index is 0.287. The Morgan fingerprint density at radius 1 is 0.929 bits per heavy atom. The first-order chi connectivity index (χ1) is 13.8. The van der Waals surface area contributed by atoms with Crippen molar-refractivity contribution in [2.45, 2.75) is 31.6 Å². The predicted molar refractivity (Wildman–Crippen MR) is 103 cm³/mol. The fraction of sp³-hybridized carbons (Fsp3) is 0.474. The van der Waals surface area contributed by atoms with Crippen LogP contribution in [0.1, 0.15) is 43.0 Å². The van der Waals surface area contributed by atoms with E-state index in [1.54, 1.807) is 12.3 Å². The molecule has 2 saturated heterocycles. The van der Waals surface area contributed by atoms with Gasteiger partial charge in [0.05, 0.1) is 11.8 Å². The summed E-state index contributed by atoms with van der Waals surface area (Å²) in [6.45, 7) is 3.74. The van der Waals surface area contributed by atoms with Gasteiger partial charge < -0.3 is 9.80 Å². The topological polar surface area (TPSA) is 99.1 Å². The normalized spacial score (nSPS) is 18.0. The lowest BCUT2D eigenvalue weighted by molar-refractivity contribution is 0.474. The summed E-state index contributed by atoms with van der Waals surface area (Å²) in [4.78, 5) is 4.46. The first-order valence-corrected chi connectivity index (χ1v) is 9.77. The number of piperidine rings is 1. The summed E-state index contributed by atoms with van der Waals surface area (Å²) in [6.07, 6.45) is 5.83. The maximum absolute atomic E-state index is 9.31. The highest BCUT2D eigenvalue weighted by Gasteiger charge is 2.27. The Labute approximate surface area is 162 Å². The summed E-state index contributed by atoms with van der Waals surface area (Å²) in [7, 11) is 0. The zero-order valence-corrected chi connectivity index (χ0v) is 15.6. The van der Waals surface area contributed by atoms with Gasteiger partial charge in [0.2, 0.25) is 0 Å². The summed E-state index contributed by atoms with van der Waals surface area (Å²) in [5.41, 5.74) is 1.36. The molecule has 2 aliphatic heterocycles. The molecule has 5 heterocycles. The summed E-state index contributed by atoms with van der Waals surface area (Å²) in [5, 5.41) is 31.0. The molecule has 9 nitrogen and oxygen atoms in total. The zero-order chi connectivity index (χ0) is 18.9. The van der Waals surface area contributed by atoms with E-state index in [4.69, 9.17) is 5.10 Å². The molecule has 0 radical (unpaired) electrons. The Balaban J connectivity index is 1.37. The van der Waals surface area contributed by atoms with Gasteiger partial charge in [-0.05, 0) is 43.9 Å². The number of rotatable bonds is 3. The van der Waals surface area contributed by atoms with Gasteiger partial charge in [0.25, 0.3) is 0 Å². The van der Waals surface area contributed by atoms with E-state index in [1.807, 2.05) is 16.6 Å². The van der Waals surface area contributed by atoms with Gasteiger partial charge in [0.15, 0.2) is 17.3 Å². The van der Waals surface area contributed by atoms with Crippen molar-refractivity contribution in [3.8, 4) is 6.07 Å². The van der Waals surface area contributed by atoms with Gasteiger partial charge in [0.1, 0.15) is 11.9 Å². The van der Waals surface area contributed by atoms with Crippen LogP contribution in [-0.4, -0.2) is 56.2 Å². The quantitative estimate of drug-likeness (QED) is 0.683. The molecule has 0 aromatic carbocycles. The second-order valence-electron chi connectivity index (χ2n) is 7.36. The van der Waals surface area contributed by atoms with Crippen molar-refractivity contribution in [3.05, 3.63) is 35.8 Å². The van der Waals surface area contributed by atoms with Gasteiger partial charge in [-0.1, -0.05) is 0 Å². The number of hydrogen-bond acceptors (Lipinski definition) is 8. The molecule has 28 heavy (non-hydrogen) atoms. The van der Waals surface area contributed by atoms with Crippen LogP contribution >= 0.6 is 0 Å². The maximum atomic E-state index is 9.31. The molecule has 2 fully saturated rings. The molecule has 0 spiro atoms. The van der Waals surface area contributed by atoms with Crippen LogP contribution in [0.3, 0.4) is 0 Å². The second-order valence-corrected chi connectivity index (χ2v) is 7.36. The van der Waals surface area contributed by atoms with Gasteiger partial charge in [0, 0.05) is 32.1 Å². The van der Waals surface area contributed by atoms with Crippen LogP contribution < -0.4 is 9.80 Å². The zero-order valence-electron chi connectivity index (χ0n) is 15.6. The summed E-state index contributed by atoms with van der Waals surface area (Å²) in [6, 6.07) is 7.96. The Morgan fingerprint density at radius 2 is 1.75 bits per heavy atom. The molecule has 5 rings (SSSR count). The standard InChI is InChI=1S/C19H21N9/c20-13-15-5-8-21-23-18(15)27-11-6-14(7-12-27)19-24-22-16-3-4-17(25-28(16)19)26-9-1-2-10-26/h3-5,8,14H,1-2,6-7,9-12H2. The highest BCUT2D eigenvalue weighted by molar-refractivity contribution is 5.53. The molecule has 2 aliphatic rings. The van der Waals surface area contributed by atoms with E-state index in [1.165, 1.54) is 12.8 Å². The van der Waals surface area contributed by atoms with Crippen LogP contribution in [0.15, 0.2) is 24.4 Å². The highest BCUT2D eigenvalue weighted by atomic mass is 15.4. The number of nitrogens with zero attached hydrogens (tertiary/aromatic N) is 9. The predicted octanol–water partition coefficient (Wildman–Crippen LogP) is 1.77. The lowest BCUT2D eigenvalue weighted by Crippen LogP contribution is -2.34. The molecule has 0 aliphatic carbocycles. The highest BCUT2D eigenvalue weighted by Crippen LogP contribution is 2.30. The van der Waals surface area contributed by atoms with E-state index in [0.717, 1.165) is 56.3 Å². The first-order valence-electron chi connectivity index (χ1n) is 9.77. The fourth-order valence-electron chi connectivity index (χ4n) is 4.16. The van der Waals surface area contributed by atoms with Crippen molar-refractivity contribution in [3.63, 3.8) is 0 Å². The van der Waals surface area contributed by atoms with Gasteiger partial charge >= 0.3 is 0 Å². The van der Waals surface area contributed by atoms with E-state index in [9.17, 15) is 5.26 Å². The molecular formula is C19H21N9. The smallest absolute Gasteiger partial charge is 0.178 e. The maximum Gasteiger partial charge on any atom is 0.178 e. The van der Waals surface area contributed by atoms with E-state index in [-0.39, 0.29) is 5.92 Å². The van der Waals surface area contributed by atoms with E-state index in [0.29, 0.717) is 11.4 Å². The number of nitriles is 1. The number of anilines is 2. The van der Waals surface area contributed by atoms with E-state index < -0.39 is 0 Å². The number of aromatic nitrogens is 6. The Bertz CT molecular complexity index is 1020. The molecule has 3 aromatic heterocycles. The van der Waals surface area contributed by atoms with Crippen molar-refractivity contribution in [2.24, 2.45) is 0 Å². The molecule has 0 N–H and O–H groups in total. The second kappa shape index (κ2) is 7.03. The van der Waals surface area contributed by atoms with Crippen molar-refractivity contribution in [2.75, 3.05) is 36.0 Å². The van der Waals surface area contributed by atoms with Crippen molar-refractivity contribution in [1.29, 1.82) is 5.26 Å². The third-order valence-electron chi connectivity index (χ3n) is 5.68. The Kier molecular flexibility index (Phi) is 4.24. The number of hydrogen-bond donors (Lipinski definition) is 0. The van der Waals surface area contributed by atoms with Crippen molar-refractivity contribution in [1.82, 2.24) is 30.0 Å². The Hall–Kier alpha value is -3.28. The van der Waals surface area contributed by atoms with Gasteiger partial charge in [-0.2, -0.15) is 14.9 Å².